The molecule has 1 aliphatic rings. The summed E-state index contributed by atoms with van der Waals surface area (Å²) in [5.74, 6) is -1.05. The number of carbonyl (C=O) groups is 1. The van der Waals surface area contributed by atoms with Crippen LogP contribution < -0.4 is 5.32 Å². The zero-order valence-corrected chi connectivity index (χ0v) is 18.3. The van der Waals surface area contributed by atoms with Crippen molar-refractivity contribution in [1.29, 1.82) is 0 Å². The van der Waals surface area contributed by atoms with Gasteiger partial charge in [0.25, 0.3) is 0 Å². The number of hydrogen-bond donors (Lipinski definition) is 2. The number of carbonyl (C=O) groups excluding carboxylic acids is 1. The van der Waals surface area contributed by atoms with E-state index in [0.717, 1.165) is 33.3 Å². The predicted octanol–water partition coefficient (Wildman–Crippen LogP) is 3.64. The van der Waals surface area contributed by atoms with E-state index >= 15 is 0 Å². The number of aryl methyl sites for hydroxylation is 1. The van der Waals surface area contributed by atoms with E-state index in [1.807, 2.05) is 25.5 Å². The lowest BCUT2D eigenvalue weighted by Crippen LogP contribution is -2.41. The third kappa shape index (κ3) is 4.52. The minimum absolute atomic E-state index is 0.0927. The van der Waals surface area contributed by atoms with Gasteiger partial charge in [0.2, 0.25) is 5.91 Å². The van der Waals surface area contributed by atoms with Crippen LogP contribution in [0.1, 0.15) is 28.3 Å². The number of fused-ring (bicyclic) bond motifs is 2. The summed E-state index contributed by atoms with van der Waals surface area (Å²) in [7, 11) is 1.85. The molecule has 0 saturated heterocycles. The van der Waals surface area contributed by atoms with Gasteiger partial charge in [-0.1, -0.05) is 12.1 Å². The molecular formula is C25H25F2N5O. The normalized spacial score (nSPS) is 16.2. The second kappa shape index (κ2) is 8.78. The minimum atomic E-state index is -0.413. The molecule has 2 N–H and O–H groups in total. The Hall–Kier alpha value is -3.52. The number of aromatic amines is 1. The first-order valence-corrected chi connectivity index (χ1v) is 11.0. The fourth-order valence-corrected chi connectivity index (χ4v) is 4.64. The summed E-state index contributed by atoms with van der Waals surface area (Å²) in [6.07, 6.45) is 4.38. The molecule has 33 heavy (non-hydrogen) atoms. The third-order valence-electron chi connectivity index (χ3n) is 6.14. The summed E-state index contributed by atoms with van der Waals surface area (Å²) in [5, 5.41) is 8.40. The highest BCUT2D eigenvalue weighted by Gasteiger charge is 2.33. The molecule has 0 bridgehead atoms. The van der Waals surface area contributed by atoms with E-state index in [0.29, 0.717) is 32.6 Å². The molecule has 0 saturated carbocycles. The van der Waals surface area contributed by atoms with Crippen LogP contribution in [-0.2, 0) is 31.4 Å². The molecule has 2 aromatic carbocycles. The molecule has 1 unspecified atom stereocenters. The van der Waals surface area contributed by atoms with Crippen LogP contribution in [0.4, 0.5) is 8.78 Å². The first-order valence-electron chi connectivity index (χ1n) is 11.0. The quantitative estimate of drug-likeness (QED) is 0.472. The maximum atomic E-state index is 13.6. The van der Waals surface area contributed by atoms with E-state index in [-0.39, 0.29) is 17.5 Å². The minimum Gasteiger partial charge on any atom is -0.361 e. The monoisotopic (exact) mass is 449 g/mol. The maximum absolute atomic E-state index is 13.6. The van der Waals surface area contributed by atoms with E-state index in [1.165, 1.54) is 24.3 Å². The average Bonchev–Trinajstić information content (AvgIpc) is 3.35. The highest BCUT2D eigenvalue weighted by atomic mass is 19.1. The number of amides is 1. The van der Waals surface area contributed by atoms with Crippen LogP contribution in [0.2, 0.25) is 0 Å². The molecule has 6 nitrogen and oxygen atoms in total. The van der Waals surface area contributed by atoms with Gasteiger partial charge in [-0.05, 0) is 47.9 Å². The van der Waals surface area contributed by atoms with Crippen LogP contribution in [0.15, 0.2) is 54.9 Å². The van der Waals surface area contributed by atoms with Crippen molar-refractivity contribution in [2.75, 3.05) is 13.1 Å². The summed E-state index contributed by atoms with van der Waals surface area (Å²) in [5.41, 5.74) is 4.50. The van der Waals surface area contributed by atoms with E-state index in [9.17, 15) is 13.6 Å². The molecule has 170 valence electrons. The van der Waals surface area contributed by atoms with E-state index in [2.05, 4.69) is 20.3 Å². The first kappa shape index (κ1) is 21.3. The second-order valence-corrected chi connectivity index (χ2v) is 8.61. The van der Waals surface area contributed by atoms with Gasteiger partial charge in [-0.25, -0.2) is 8.78 Å². The van der Waals surface area contributed by atoms with Gasteiger partial charge in [-0.3, -0.25) is 14.4 Å². The van der Waals surface area contributed by atoms with E-state index in [4.69, 9.17) is 0 Å². The van der Waals surface area contributed by atoms with Crippen molar-refractivity contribution in [2.24, 2.45) is 7.05 Å². The number of aromatic nitrogens is 3. The van der Waals surface area contributed by atoms with Gasteiger partial charge in [0.05, 0.1) is 11.6 Å². The number of rotatable bonds is 6. The fourth-order valence-electron chi connectivity index (χ4n) is 4.64. The van der Waals surface area contributed by atoms with Crippen LogP contribution in [0.25, 0.3) is 10.9 Å². The summed E-state index contributed by atoms with van der Waals surface area (Å²) >= 11 is 0. The molecular weight excluding hydrogens is 424 g/mol. The lowest BCUT2D eigenvalue weighted by Gasteiger charge is -2.31. The average molecular weight is 450 g/mol. The Bertz CT molecular complexity index is 1310. The van der Waals surface area contributed by atoms with Gasteiger partial charge in [-0.15, -0.1) is 0 Å². The molecule has 3 heterocycles. The van der Waals surface area contributed by atoms with Gasteiger partial charge in [0.15, 0.2) is 0 Å². The SMILES string of the molecule is Cn1cc2c(n1)C(C(=O)NCCc1c[nH]c3ccc(F)cc13)CN(Cc1cccc(F)c1)C2. The summed E-state index contributed by atoms with van der Waals surface area (Å²) in [4.78, 5) is 18.4. The largest absolute Gasteiger partial charge is 0.361 e. The molecule has 0 fully saturated rings. The van der Waals surface area contributed by atoms with Crippen molar-refractivity contribution in [3.05, 3.63) is 88.9 Å². The van der Waals surface area contributed by atoms with Gasteiger partial charge in [-0.2, -0.15) is 5.10 Å². The van der Waals surface area contributed by atoms with Crippen molar-refractivity contribution in [2.45, 2.75) is 25.4 Å². The maximum Gasteiger partial charge on any atom is 0.230 e. The topological polar surface area (TPSA) is 66.0 Å². The van der Waals surface area contributed by atoms with Gasteiger partial charge < -0.3 is 10.3 Å². The Balaban J connectivity index is 1.28. The van der Waals surface area contributed by atoms with Crippen molar-refractivity contribution >= 4 is 16.8 Å². The number of hydrogen-bond acceptors (Lipinski definition) is 3. The first-order chi connectivity index (χ1) is 16.0. The van der Waals surface area contributed by atoms with Gasteiger partial charge in [0, 0.05) is 62.1 Å². The van der Waals surface area contributed by atoms with E-state index in [1.54, 1.807) is 16.8 Å². The zero-order chi connectivity index (χ0) is 22.9. The summed E-state index contributed by atoms with van der Waals surface area (Å²) < 4.78 is 29.0. The fraction of sp³-hybridized carbons (Fsp3) is 0.280. The number of benzene rings is 2. The third-order valence-corrected chi connectivity index (χ3v) is 6.14. The molecule has 5 rings (SSSR count). The van der Waals surface area contributed by atoms with Crippen LogP contribution in [0.3, 0.4) is 0 Å². The van der Waals surface area contributed by atoms with Gasteiger partial charge >= 0.3 is 0 Å². The van der Waals surface area contributed by atoms with Crippen LogP contribution in [0.5, 0.6) is 0 Å². The van der Waals surface area contributed by atoms with Crippen molar-refractivity contribution in [1.82, 2.24) is 25.0 Å². The van der Waals surface area contributed by atoms with Crippen LogP contribution >= 0.6 is 0 Å². The number of halogens is 2. The van der Waals surface area contributed by atoms with Gasteiger partial charge in [0.1, 0.15) is 11.6 Å². The molecule has 8 heteroatoms. The lowest BCUT2D eigenvalue weighted by atomic mass is 9.95. The highest BCUT2D eigenvalue weighted by molar-refractivity contribution is 5.85. The lowest BCUT2D eigenvalue weighted by molar-refractivity contribution is -0.123. The Morgan fingerprint density at radius 1 is 1.21 bits per heavy atom. The molecule has 0 radical (unpaired) electrons. The smallest absolute Gasteiger partial charge is 0.230 e. The molecule has 0 aliphatic carbocycles. The Morgan fingerprint density at radius 3 is 2.91 bits per heavy atom. The number of H-pyrrole nitrogens is 1. The molecule has 2 aromatic heterocycles. The molecule has 4 aromatic rings. The molecule has 1 amide bonds. The van der Waals surface area contributed by atoms with E-state index < -0.39 is 5.92 Å². The predicted molar refractivity (Wildman–Crippen MR) is 121 cm³/mol. The van der Waals surface area contributed by atoms with Crippen molar-refractivity contribution in [3.63, 3.8) is 0 Å². The van der Waals surface area contributed by atoms with Crippen LogP contribution in [-0.4, -0.2) is 38.7 Å². The van der Waals surface area contributed by atoms with Crippen LogP contribution in [0, 0.1) is 11.6 Å². The Labute approximate surface area is 190 Å². The zero-order valence-electron chi connectivity index (χ0n) is 18.3. The number of nitrogens with one attached hydrogen (secondary N) is 2. The Kier molecular flexibility index (Phi) is 5.68. The van der Waals surface area contributed by atoms with Crippen molar-refractivity contribution in [3.8, 4) is 0 Å². The molecule has 1 aliphatic heterocycles. The molecule has 0 spiro atoms. The molecule has 1 atom stereocenters. The summed E-state index contributed by atoms with van der Waals surface area (Å²) in [6, 6.07) is 11.2. The highest BCUT2D eigenvalue weighted by Crippen LogP contribution is 2.28. The summed E-state index contributed by atoms with van der Waals surface area (Å²) in [6.45, 7) is 2.15. The Morgan fingerprint density at radius 2 is 2.06 bits per heavy atom. The second-order valence-electron chi connectivity index (χ2n) is 8.61. The number of nitrogens with zero attached hydrogens (tertiary/aromatic N) is 3. The standard InChI is InChI=1S/C25H25F2N5O/c1-31-13-18-14-32(12-16-3-2-4-19(26)9-16)15-22(24(18)30-31)25(33)28-8-7-17-11-29-23-6-5-20(27)10-21(17)23/h2-6,9-11,13,22,29H,7-8,12,14-15H2,1H3,(H,28,33). The van der Waals surface area contributed by atoms with Crippen molar-refractivity contribution < 1.29 is 13.6 Å².